The standard InChI is InChI=1S/C15H18O2/c1-3-4-12-9-15(12,16)14-8-11-7-10(2)5-6-13(11)17-14/h5-8,12,16H,3-4,9H2,1-2H3. The van der Waals surface area contributed by atoms with Crippen molar-refractivity contribution in [3.8, 4) is 0 Å². The maximum Gasteiger partial charge on any atom is 0.137 e. The number of fused-ring (bicyclic) bond motifs is 1. The van der Waals surface area contributed by atoms with Gasteiger partial charge in [-0.25, -0.2) is 0 Å². The molecule has 90 valence electrons. The number of aryl methyl sites for hydroxylation is 1. The van der Waals surface area contributed by atoms with Crippen molar-refractivity contribution < 1.29 is 9.52 Å². The summed E-state index contributed by atoms with van der Waals surface area (Å²) in [5, 5.41) is 11.6. The molecule has 17 heavy (non-hydrogen) atoms. The summed E-state index contributed by atoms with van der Waals surface area (Å²) in [5.41, 5.74) is 1.40. The van der Waals surface area contributed by atoms with Gasteiger partial charge in [0.15, 0.2) is 0 Å². The largest absolute Gasteiger partial charge is 0.458 e. The van der Waals surface area contributed by atoms with Crippen LogP contribution in [0, 0.1) is 12.8 Å². The minimum Gasteiger partial charge on any atom is -0.458 e. The molecule has 1 fully saturated rings. The molecule has 2 heteroatoms. The minimum atomic E-state index is -0.692. The van der Waals surface area contributed by atoms with Crippen LogP contribution < -0.4 is 0 Å². The van der Waals surface area contributed by atoms with E-state index >= 15 is 0 Å². The van der Waals surface area contributed by atoms with Crippen molar-refractivity contribution in [2.24, 2.45) is 5.92 Å². The minimum absolute atomic E-state index is 0.383. The van der Waals surface area contributed by atoms with E-state index in [2.05, 4.69) is 19.9 Å². The summed E-state index contributed by atoms with van der Waals surface area (Å²) in [6, 6.07) is 8.12. The molecule has 1 aromatic heterocycles. The van der Waals surface area contributed by atoms with Crippen molar-refractivity contribution in [2.75, 3.05) is 0 Å². The summed E-state index contributed by atoms with van der Waals surface area (Å²) in [5.74, 6) is 1.13. The Bertz CT molecular complexity index is 555. The normalized spacial score (nSPS) is 27.6. The van der Waals surface area contributed by atoms with Gasteiger partial charge in [-0.05, 0) is 43.9 Å². The van der Waals surface area contributed by atoms with Gasteiger partial charge >= 0.3 is 0 Å². The highest BCUT2D eigenvalue weighted by Gasteiger charge is 2.55. The zero-order valence-corrected chi connectivity index (χ0v) is 10.4. The van der Waals surface area contributed by atoms with E-state index < -0.39 is 5.60 Å². The molecule has 1 heterocycles. The molecule has 1 N–H and O–H groups in total. The molecule has 1 aliphatic carbocycles. The van der Waals surface area contributed by atoms with Gasteiger partial charge in [-0.1, -0.05) is 25.0 Å². The quantitative estimate of drug-likeness (QED) is 0.871. The van der Waals surface area contributed by atoms with Crippen LogP contribution in [-0.4, -0.2) is 5.11 Å². The van der Waals surface area contributed by atoms with E-state index in [9.17, 15) is 5.11 Å². The SMILES string of the molecule is CCCC1CC1(O)c1cc2cc(C)ccc2o1. The molecule has 1 aliphatic rings. The molecule has 2 atom stereocenters. The monoisotopic (exact) mass is 230 g/mol. The molecule has 1 aromatic carbocycles. The van der Waals surface area contributed by atoms with E-state index in [1.54, 1.807) is 0 Å². The number of rotatable bonds is 3. The molecule has 0 radical (unpaired) electrons. The van der Waals surface area contributed by atoms with Gasteiger partial charge in [0.05, 0.1) is 0 Å². The predicted molar refractivity (Wildman–Crippen MR) is 67.9 cm³/mol. The Morgan fingerprint density at radius 1 is 1.41 bits per heavy atom. The van der Waals surface area contributed by atoms with Gasteiger partial charge in [0, 0.05) is 5.39 Å². The Kier molecular flexibility index (Phi) is 2.30. The fourth-order valence-electron chi connectivity index (χ4n) is 2.68. The summed E-state index contributed by atoms with van der Waals surface area (Å²) in [6.45, 7) is 4.22. The van der Waals surface area contributed by atoms with Crippen molar-refractivity contribution in [1.82, 2.24) is 0 Å². The Morgan fingerprint density at radius 3 is 3.00 bits per heavy atom. The molecule has 2 aromatic rings. The highest BCUT2D eigenvalue weighted by molar-refractivity contribution is 5.79. The van der Waals surface area contributed by atoms with E-state index in [1.807, 2.05) is 18.2 Å². The van der Waals surface area contributed by atoms with Gasteiger partial charge in [0.25, 0.3) is 0 Å². The third kappa shape index (κ3) is 1.67. The maximum absolute atomic E-state index is 10.5. The Hall–Kier alpha value is -1.28. The first-order valence-electron chi connectivity index (χ1n) is 6.36. The second-order valence-corrected chi connectivity index (χ2v) is 5.27. The first kappa shape index (κ1) is 10.8. The highest BCUT2D eigenvalue weighted by Crippen LogP contribution is 2.55. The third-order valence-electron chi connectivity index (χ3n) is 3.81. The zero-order valence-electron chi connectivity index (χ0n) is 10.4. The van der Waals surface area contributed by atoms with Crippen molar-refractivity contribution in [2.45, 2.75) is 38.7 Å². The fourth-order valence-corrected chi connectivity index (χ4v) is 2.68. The highest BCUT2D eigenvalue weighted by atomic mass is 16.4. The van der Waals surface area contributed by atoms with Crippen LogP contribution in [0.25, 0.3) is 11.0 Å². The topological polar surface area (TPSA) is 33.4 Å². The average molecular weight is 230 g/mol. The van der Waals surface area contributed by atoms with Gasteiger partial charge in [-0.3, -0.25) is 0 Å². The van der Waals surface area contributed by atoms with Crippen LogP contribution in [0.3, 0.4) is 0 Å². The average Bonchev–Trinajstić information content (AvgIpc) is 2.76. The van der Waals surface area contributed by atoms with Crippen LogP contribution in [0.1, 0.15) is 37.5 Å². The lowest BCUT2D eigenvalue weighted by Crippen LogP contribution is -2.06. The number of hydrogen-bond donors (Lipinski definition) is 1. The molecule has 2 nitrogen and oxygen atoms in total. The van der Waals surface area contributed by atoms with Gasteiger partial charge in [0.2, 0.25) is 0 Å². The van der Waals surface area contributed by atoms with Gasteiger partial charge < -0.3 is 9.52 Å². The lowest BCUT2D eigenvalue weighted by atomic mass is 10.1. The van der Waals surface area contributed by atoms with E-state index in [-0.39, 0.29) is 0 Å². The van der Waals surface area contributed by atoms with Crippen molar-refractivity contribution in [1.29, 1.82) is 0 Å². The number of furan rings is 1. The number of benzene rings is 1. The third-order valence-corrected chi connectivity index (χ3v) is 3.81. The molecular weight excluding hydrogens is 212 g/mol. The summed E-state index contributed by atoms with van der Waals surface area (Å²) in [6.07, 6.45) is 3.04. The van der Waals surface area contributed by atoms with Crippen molar-refractivity contribution in [3.63, 3.8) is 0 Å². The van der Waals surface area contributed by atoms with Crippen molar-refractivity contribution >= 4 is 11.0 Å². The fraction of sp³-hybridized carbons (Fsp3) is 0.467. The maximum atomic E-state index is 10.5. The lowest BCUT2D eigenvalue weighted by Gasteiger charge is -2.05. The molecule has 0 saturated heterocycles. The van der Waals surface area contributed by atoms with Crippen LogP contribution >= 0.6 is 0 Å². The van der Waals surface area contributed by atoms with Crippen LogP contribution in [0.15, 0.2) is 28.7 Å². The molecular formula is C15H18O2. The Morgan fingerprint density at radius 2 is 2.24 bits per heavy atom. The van der Waals surface area contributed by atoms with Gasteiger partial charge in [0.1, 0.15) is 16.9 Å². The molecule has 2 unspecified atom stereocenters. The molecule has 0 spiro atoms. The molecule has 0 bridgehead atoms. The summed E-state index contributed by atoms with van der Waals surface area (Å²) < 4.78 is 5.78. The Labute approximate surface area is 101 Å². The van der Waals surface area contributed by atoms with Crippen LogP contribution in [0.4, 0.5) is 0 Å². The number of hydrogen-bond acceptors (Lipinski definition) is 2. The molecule has 1 saturated carbocycles. The predicted octanol–water partition coefficient (Wildman–Crippen LogP) is 3.75. The second kappa shape index (κ2) is 3.61. The van der Waals surface area contributed by atoms with Crippen molar-refractivity contribution in [3.05, 3.63) is 35.6 Å². The van der Waals surface area contributed by atoms with E-state index in [4.69, 9.17) is 4.42 Å². The molecule has 0 aliphatic heterocycles. The number of aliphatic hydroxyl groups is 1. The first-order chi connectivity index (χ1) is 8.13. The van der Waals surface area contributed by atoms with Gasteiger partial charge in [-0.15, -0.1) is 0 Å². The molecule has 0 amide bonds. The summed E-state index contributed by atoms with van der Waals surface area (Å²) >= 11 is 0. The lowest BCUT2D eigenvalue weighted by molar-refractivity contribution is 0.105. The molecule has 3 rings (SSSR count). The second-order valence-electron chi connectivity index (χ2n) is 5.27. The Balaban J connectivity index is 1.97. The van der Waals surface area contributed by atoms with E-state index in [0.29, 0.717) is 5.92 Å². The van der Waals surface area contributed by atoms with E-state index in [1.165, 1.54) is 5.56 Å². The summed E-state index contributed by atoms with van der Waals surface area (Å²) in [7, 11) is 0. The zero-order chi connectivity index (χ0) is 12.0. The first-order valence-corrected chi connectivity index (χ1v) is 6.36. The van der Waals surface area contributed by atoms with E-state index in [0.717, 1.165) is 36.0 Å². The van der Waals surface area contributed by atoms with Crippen LogP contribution in [0.5, 0.6) is 0 Å². The van der Waals surface area contributed by atoms with Crippen LogP contribution in [-0.2, 0) is 5.60 Å². The smallest absolute Gasteiger partial charge is 0.137 e. The van der Waals surface area contributed by atoms with Gasteiger partial charge in [-0.2, -0.15) is 0 Å². The van der Waals surface area contributed by atoms with Crippen LogP contribution in [0.2, 0.25) is 0 Å². The summed E-state index contributed by atoms with van der Waals surface area (Å²) in [4.78, 5) is 0.